The van der Waals surface area contributed by atoms with Crippen LogP contribution in [0.5, 0.6) is 5.75 Å². The van der Waals surface area contributed by atoms with Gasteiger partial charge in [-0.25, -0.2) is 4.98 Å². The highest BCUT2D eigenvalue weighted by Crippen LogP contribution is 2.31. The second kappa shape index (κ2) is 7.26. The van der Waals surface area contributed by atoms with Gasteiger partial charge in [-0.05, 0) is 37.8 Å². The van der Waals surface area contributed by atoms with Gasteiger partial charge in [-0.15, -0.1) is 11.3 Å². The van der Waals surface area contributed by atoms with Gasteiger partial charge in [0.25, 0.3) is 0 Å². The number of ether oxygens (including phenoxy) is 1. The molecule has 0 N–H and O–H groups in total. The first kappa shape index (κ1) is 16.2. The number of carbonyl (C=O) groups excluding carboxylic acids is 1. The number of thiazole rings is 1. The maximum absolute atomic E-state index is 11.6. The summed E-state index contributed by atoms with van der Waals surface area (Å²) in [5.41, 5.74) is 1.83. The normalized spacial score (nSPS) is 15.6. The largest absolute Gasteiger partial charge is 0.493 e. The van der Waals surface area contributed by atoms with Crippen LogP contribution in [0.25, 0.3) is 10.6 Å². The van der Waals surface area contributed by atoms with Gasteiger partial charge in [-0.2, -0.15) is 0 Å². The third-order valence-electron chi connectivity index (χ3n) is 4.41. The van der Waals surface area contributed by atoms with Gasteiger partial charge < -0.3 is 4.74 Å². The van der Waals surface area contributed by atoms with E-state index in [-0.39, 0.29) is 5.78 Å². The first-order chi connectivity index (χ1) is 11.1. The van der Waals surface area contributed by atoms with E-state index in [0.717, 1.165) is 33.5 Å². The van der Waals surface area contributed by atoms with Crippen molar-refractivity contribution in [2.24, 2.45) is 5.92 Å². The van der Waals surface area contributed by atoms with Gasteiger partial charge in [0.1, 0.15) is 10.8 Å². The maximum Gasteiger partial charge on any atom is 0.171 e. The van der Waals surface area contributed by atoms with Crippen LogP contribution >= 0.6 is 11.3 Å². The smallest absolute Gasteiger partial charge is 0.171 e. The predicted octanol–water partition coefficient (Wildman–Crippen LogP) is 5.28. The van der Waals surface area contributed by atoms with Crippen molar-refractivity contribution < 1.29 is 9.53 Å². The minimum Gasteiger partial charge on any atom is -0.493 e. The van der Waals surface area contributed by atoms with Gasteiger partial charge in [0.2, 0.25) is 0 Å². The van der Waals surface area contributed by atoms with Gasteiger partial charge in [0.15, 0.2) is 5.78 Å². The number of Topliss-reactive ketones (excluding diaryl/α,β-unsaturated/α-hetero) is 1. The molecule has 0 atom stereocenters. The second-order valence-electron chi connectivity index (χ2n) is 6.33. The zero-order chi connectivity index (χ0) is 16.2. The van der Waals surface area contributed by atoms with E-state index in [9.17, 15) is 4.79 Å². The van der Waals surface area contributed by atoms with Crippen LogP contribution in [0.1, 0.15) is 54.4 Å². The first-order valence-corrected chi connectivity index (χ1v) is 9.16. The summed E-state index contributed by atoms with van der Waals surface area (Å²) < 4.78 is 6.00. The highest BCUT2D eigenvalue weighted by Gasteiger charge is 2.15. The Morgan fingerprint density at radius 3 is 2.78 bits per heavy atom. The molecule has 0 unspecified atom stereocenters. The van der Waals surface area contributed by atoms with E-state index in [1.54, 1.807) is 6.92 Å². The average molecular weight is 329 g/mol. The SMILES string of the molecule is CC(=O)c1sc(-c2cccc(OCC3CCCCC3)c2)nc1C. The number of aromatic nitrogens is 1. The number of hydrogen-bond acceptors (Lipinski definition) is 4. The van der Waals surface area contributed by atoms with Crippen molar-refractivity contribution in [2.75, 3.05) is 6.61 Å². The third kappa shape index (κ3) is 3.99. The Balaban J connectivity index is 1.71. The summed E-state index contributed by atoms with van der Waals surface area (Å²) in [4.78, 5) is 16.9. The summed E-state index contributed by atoms with van der Waals surface area (Å²) >= 11 is 1.46. The van der Waals surface area contributed by atoms with Crippen LogP contribution in [0.4, 0.5) is 0 Å². The Hall–Kier alpha value is -1.68. The molecule has 3 nitrogen and oxygen atoms in total. The van der Waals surface area contributed by atoms with E-state index in [0.29, 0.717) is 5.92 Å². The molecule has 3 rings (SSSR count). The van der Waals surface area contributed by atoms with Crippen molar-refractivity contribution in [3.8, 4) is 16.3 Å². The van der Waals surface area contributed by atoms with Crippen LogP contribution in [0.15, 0.2) is 24.3 Å². The van der Waals surface area contributed by atoms with Crippen LogP contribution in [0.3, 0.4) is 0 Å². The van der Waals surface area contributed by atoms with Gasteiger partial charge in [-0.1, -0.05) is 31.4 Å². The van der Waals surface area contributed by atoms with E-state index in [1.807, 2.05) is 31.2 Å². The molecule has 1 aromatic carbocycles. The number of benzene rings is 1. The van der Waals surface area contributed by atoms with Crippen molar-refractivity contribution in [3.63, 3.8) is 0 Å². The molecule has 1 heterocycles. The maximum atomic E-state index is 11.6. The molecule has 1 aliphatic rings. The molecular weight excluding hydrogens is 306 g/mol. The van der Waals surface area contributed by atoms with Crippen LogP contribution in [-0.2, 0) is 0 Å². The summed E-state index contributed by atoms with van der Waals surface area (Å²) in [6, 6.07) is 8.05. The van der Waals surface area contributed by atoms with Crippen molar-refractivity contribution in [2.45, 2.75) is 46.0 Å². The molecule has 0 spiro atoms. The van der Waals surface area contributed by atoms with Gasteiger partial charge in [0, 0.05) is 12.5 Å². The molecule has 0 amide bonds. The number of carbonyl (C=O) groups is 1. The number of ketones is 1. The van der Waals surface area contributed by atoms with Crippen molar-refractivity contribution in [1.82, 2.24) is 4.98 Å². The average Bonchev–Trinajstić information content (AvgIpc) is 2.96. The Morgan fingerprint density at radius 1 is 1.30 bits per heavy atom. The molecule has 0 aliphatic heterocycles. The van der Waals surface area contributed by atoms with E-state index in [4.69, 9.17) is 4.74 Å². The van der Waals surface area contributed by atoms with Crippen LogP contribution in [0, 0.1) is 12.8 Å². The fourth-order valence-corrected chi connectivity index (χ4v) is 4.09. The third-order valence-corrected chi connectivity index (χ3v) is 5.72. The van der Waals surface area contributed by atoms with E-state index in [1.165, 1.54) is 43.4 Å². The molecule has 23 heavy (non-hydrogen) atoms. The van der Waals surface area contributed by atoms with Crippen molar-refractivity contribution in [1.29, 1.82) is 0 Å². The molecule has 122 valence electrons. The molecule has 0 saturated heterocycles. The van der Waals surface area contributed by atoms with Crippen LogP contribution in [-0.4, -0.2) is 17.4 Å². The lowest BCUT2D eigenvalue weighted by atomic mass is 9.90. The fraction of sp³-hybridized carbons (Fsp3) is 0.474. The number of rotatable bonds is 5. The zero-order valence-corrected chi connectivity index (χ0v) is 14.6. The Kier molecular flexibility index (Phi) is 5.11. The predicted molar refractivity (Wildman–Crippen MR) is 94.4 cm³/mol. The Bertz CT molecular complexity index is 686. The molecular formula is C19H23NO2S. The first-order valence-electron chi connectivity index (χ1n) is 8.35. The quantitative estimate of drug-likeness (QED) is 0.701. The number of hydrogen-bond donors (Lipinski definition) is 0. The highest BCUT2D eigenvalue weighted by atomic mass is 32.1. The molecule has 0 radical (unpaired) electrons. The summed E-state index contributed by atoms with van der Waals surface area (Å²) in [5, 5.41) is 0.885. The lowest BCUT2D eigenvalue weighted by Crippen LogP contribution is -2.15. The topological polar surface area (TPSA) is 39.2 Å². The lowest BCUT2D eigenvalue weighted by molar-refractivity contribution is 0.102. The molecule has 0 bridgehead atoms. The zero-order valence-electron chi connectivity index (χ0n) is 13.8. The van der Waals surface area contributed by atoms with Crippen molar-refractivity contribution >= 4 is 17.1 Å². The summed E-state index contributed by atoms with van der Waals surface area (Å²) in [7, 11) is 0. The van der Waals surface area contributed by atoms with Gasteiger partial charge >= 0.3 is 0 Å². The second-order valence-corrected chi connectivity index (χ2v) is 7.33. The Morgan fingerprint density at radius 2 is 2.09 bits per heavy atom. The fourth-order valence-electron chi connectivity index (χ4n) is 3.13. The van der Waals surface area contributed by atoms with E-state index in [2.05, 4.69) is 4.98 Å². The van der Waals surface area contributed by atoms with Crippen LogP contribution < -0.4 is 4.74 Å². The minimum atomic E-state index is 0.0796. The molecule has 1 saturated carbocycles. The molecule has 1 fully saturated rings. The van der Waals surface area contributed by atoms with E-state index < -0.39 is 0 Å². The van der Waals surface area contributed by atoms with E-state index >= 15 is 0 Å². The number of nitrogens with zero attached hydrogens (tertiary/aromatic N) is 1. The highest BCUT2D eigenvalue weighted by molar-refractivity contribution is 7.17. The molecule has 4 heteroatoms. The van der Waals surface area contributed by atoms with Crippen molar-refractivity contribution in [3.05, 3.63) is 34.8 Å². The molecule has 2 aromatic rings. The molecule has 1 aromatic heterocycles. The van der Waals surface area contributed by atoms with Crippen LogP contribution in [0.2, 0.25) is 0 Å². The monoisotopic (exact) mass is 329 g/mol. The summed E-state index contributed by atoms with van der Waals surface area (Å²) in [6.45, 7) is 4.28. The van der Waals surface area contributed by atoms with Gasteiger partial charge in [-0.3, -0.25) is 4.79 Å². The number of aryl methyl sites for hydroxylation is 1. The van der Waals surface area contributed by atoms with Gasteiger partial charge in [0.05, 0.1) is 17.2 Å². The standard InChI is InChI=1S/C19H23NO2S/c1-13-18(14(2)21)23-19(20-13)16-9-6-10-17(11-16)22-12-15-7-4-3-5-8-15/h6,9-11,15H,3-5,7-8,12H2,1-2H3. The minimum absolute atomic E-state index is 0.0796. The lowest BCUT2D eigenvalue weighted by Gasteiger charge is -2.21. The Labute approximate surface area is 141 Å². The summed E-state index contributed by atoms with van der Waals surface area (Å²) in [6.07, 6.45) is 6.61. The summed E-state index contributed by atoms with van der Waals surface area (Å²) in [5.74, 6) is 1.67. The molecule has 1 aliphatic carbocycles.